The second-order valence-electron chi connectivity index (χ2n) is 6.84. The Labute approximate surface area is 148 Å². The third kappa shape index (κ3) is 4.45. The Morgan fingerprint density at radius 3 is 2.64 bits per heavy atom. The molecule has 0 aliphatic carbocycles. The summed E-state index contributed by atoms with van der Waals surface area (Å²) < 4.78 is 0. The zero-order chi connectivity index (χ0) is 17.8. The quantitative estimate of drug-likeness (QED) is 0.814. The molecular weight excluding hydrogens is 320 g/mol. The minimum absolute atomic E-state index is 0.0218. The SMILES string of the molecule is CC(=O)N1CCN(Cc2ccnc(N3CCCC3)n2)CC(C(N)=O)C1. The molecule has 136 valence electrons. The number of anilines is 1. The fourth-order valence-corrected chi connectivity index (χ4v) is 3.46. The lowest BCUT2D eigenvalue weighted by molar-refractivity contribution is -0.130. The molecule has 25 heavy (non-hydrogen) atoms. The van der Waals surface area contributed by atoms with Crippen molar-refractivity contribution in [2.24, 2.45) is 11.7 Å². The summed E-state index contributed by atoms with van der Waals surface area (Å²) >= 11 is 0. The molecule has 0 bridgehead atoms. The second-order valence-corrected chi connectivity index (χ2v) is 6.84. The molecule has 3 rings (SSSR count). The molecule has 2 aliphatic heterocycles. The van der Waals surface area contributed by atoms with E-state index >= 15 is 0 Å². The van der Waals surface area contributed by atoms with Crippen LogP contribution in [-0.4, -0.2) is 70.9 Å². The Hall–Kier alpha value is -2.22. The molecule has 2 aliphatic rings. The topological polar surface area (TPSA) is 95.7 Å². The van der Waals surface area contributed by atoms with E-state index < -0.39 is 0 Å². The van der Waals surface area contributed by atoms with Gasteiger partial charge in [-0.15, -0.1) is 0 Å². The number of nitrogens with two attached hydrogens (primary N) is 1. The lowest BCUT2D eigenvalue weighted by atomic mass is 10.1. The minimum Gasteiger partial charge on any atom is -0.369 e. The minimum atomic E-state index is -0.362. The first-order valence-electron chi connectivity index (χ1n) is 8.87. The molecule has 8 nitrogen and oxygen atoms in total. The summed E-state index contributed by atoms with van der Waals surface area (Å²) in [6, 6.07) is 1.91. The van der Waals surface area contributed by atoms with E-state index in [9.17, 15) is 9.59 Å². The maximum atomic E-state index is 11.7. The molecule has 1 atom stereocenters. The highest BCUT2D eigenvalue weighted by molar-refractivity contribution is 5.79. The number of rotatable bonds is 4. The number of carbonyl (C=O) groups is 2. The van der Waals surface area contributed by atoms with Crippen molar-refractivity contribution in [3.05, 3.63) is 18.0 Å². The molecule has 1 unspecified atom stereocenters. The zero-order valence-electron chi connectivity index (χ0n) is 14.7. The van der Waals surface area contributed by atoms with Gasteiger partial charge in [-0.1, -0.05) is 0 Å². The Morgan fingerprint density at radius 2 is 1.96 bits per heavy atom. The summed E-state index contributed by atoms with van der Waals surface area (Å²) in [5.41, 5.74) is 6.45. The second kappa shape index (κ2) is 7.77. The molecule has 1 aromatic rings. The lowest BCUT2D eigenvalue weighted by Gasteiger charge is -2.22. The number of hydrogen-bond donors (Lipinski definition) is 1. The fourth-order valence-electron chi connectivity index (χ4n) is 3.46. The molecule has 8 heteroatoms. The van der Waals surface area contributed by atoms with E-state index in [2.05, 4.69) is 19.8 Å². The van der Waals surface area contributed by atoms with Gasteiger partial charge in [0.1, 0.15) is 0 Å². The summed E-state index contributed by atoms with van der Waals surface area (Å²) in [5.74, 6) is 0.0398. The number of amides is 2. The van der Waals surface area contributed by atoms with Gasteiger partial charge in [-0.3, -0.25) is 14.5 Å². The predicted octanol–water partition coefficient (Wildman–Crippen LogP) is -0.158. The average molecular weight is 346 g/mol. The van der Waals surface area contributed by atoms with Crippen LogP contribution in [0.2, 0.25) is 0 Å². The summed E-state index contributed by atoms with van der Waals surface area (Å²) in [5, 5.41) is 0. The van der Waals surface area contributed by atoms with E-state index in [-0.39, 0.29) is 17.7 Å². The van der Waals surface area contributed by atoms with E-state index in [1.165, 1.54) is 19.8 Å². The van der Waals surface area contributed by atoms with Gasteiger partial charge in [-0.2, -0.15) is 0 Å². The van der Waals surface area contributed by atoms with Crippen molar-refractivity contribution in [1.82, 2.24) is 19.8 Å². The van der Waals surface area contributed by atoms with Gasteiger partial charge in [0.25, 0.3) is 0 Å². The van der Waals surface area contributed by atoms with Crippen LogP contribution < -0.4 is 10.6 Å². The number of hydrogen-bond acceptors (Lipinski definition) is 6. The van der Waals surface area contributed by atoms with E-state index in [4.69, 9.17) is 5.73 Å². The van der Waals surface area contributed by atoms with Gasteiger partial charge in [0, 0.05) is 58.9 Å². The van der Waals surface area contributed by atoms with Gasteiger partial charge >= 0.3 is 0 Å². The van der Waals surface area contributed by atoms with Crippen LogP contribution >= 0.6 is 0 Å². The highest BCUT2D eigenvalue weighted by Gasteiger charge is 2.28. The number of primary amides is 1. The third-order valence-electron chi connectivity index (χ3n) is 4.93. The van der Waals surface area contributed by atoms with Crippen molar-refractivity contribution in [3.63, 3.8) is 0 Å². The fraction of sp³-hybridized carbons (Fsp3) is 0.647. The van der Waals surface area contributed by atoms with Gasteiger partial charge in [0.15, 0.2) is 0 Å². The summed E-state index contributed by atoms with van der Waals surface area (Å²) in [6.45, 7) is 6.40. The smallest absolute Gasteiger partial charge is 0.225 e. The third-order valence-corrected chi connectivity index (χ3v) is 4.93. The van der Waals surface area contributed by atoms with Crippen LogP contribution in [0.1, 0.15) is 25.5 Å². The van der Waals surface area contributed by atoms with Gasteiger partial charge in [-0.25, -0.2) is 9.97 Å². The van der Waals surface area contributed by atoms with E-state index in [1.807, 2.05) is 6.07 Å². The van der Waals surface area contributed by atoms with E-state index in [0.29, 0.717) is 32.7 Å². The maximum absolute atomic E-state index is 11.7. The van der Waals surface area contributed by atoms with E-state index in [0.717, 1.165) is 24.7 Å². The molecule has 2 saturated heterocycles. The van der Waals surface area contributed by atoms with Crippen molar-refractivity contribution in [2.75, 3.05) is 44.2 Å². The van der Waals surface area contributed by atoms with Crippen molar-refractivity contribution >= 4 is 17.8 Å². The summed E-state index contributed by atoms with van der Waals surface area (Å²) in [6.07, 6.45) is 4.16. The molecule has 2 N–H and O–H groups in total. The van der Waals surface area contributed by atoms with Crippen molar-refractivity contribution in [2.45, 2.75) is 26.3 Å². The lowest BCUT2D eigenvalue weighted by Crippen LogP contribution is -2.39. The van der Waals surface area contributed by atoms with Crippen LogP contribution in [0.5, 0.6) is 0 Å². The van der Waals surface area contributed by atoms with Gasteiger partial charge in [0.05, 0.1) is 11.6 Å². The van der Waals surface area contributed by atoms with Gasteiger partial charge in [-0.05, 0) is 18.9 Å². The molecule has 0 radical (unpaired) electrons. The van der Waals surface area contributed by atoms with Crippen molar-refractivity contribution in [3.8, 4) is 0 Å². The Morgan fingerprint density at radius 1 is 1.20 bits per heavy atom. The zero-order valence-corrected chi connectivity index (χ0v) is 14.7. The van der Waals surface area contributed by atoms with Gasteiger partial charge in [0.2, 0.25) is 17.8 Å². The standard InChI is InChI=1S/C17H26N6O2/c1-13(24)23-9-8-21(10-14(11-23)16(18)25)12-15-4-5-19-17(20-15)22-6-2-3-7-22/h4-5,14H,2-3,6-12H2,1H3,(H2,18,25). The molecule has 1 aromatic heterocycles. The predicted molar refractivity (Wildman–Crippen MR) is 93.7 cm³/mol. The van der Waals surface area contributed by atoms with Crippen LogP contribution in [0.25, 0.3) is 0 Å². The Kier molecular flexibility index (Phi) is 5.47. The monoisotopic (exact) mass is 346 g/mol. The molecular formula is C17H26N6O2. The van der Waals surface area contributed by atoms with Crippen molar-refractivity contribution in [1.29, 1.82) is 0 Å². The molecule has 0 aromatic carbocycles. The first-order chi connectivity index (χ1) is 12.0. The highest BCUT2D eigenvalue weighted by Crippen LogP contribution is 2.17. The first kappa shape index (κ1) is 17.6. The van der Waals surface area contributed by atoms with Crippen LogP contribution in [-0.2, 0) is 16.1 Å². The molecule has 0 saturated carbocycles. The largest absolute Gasteiger partial charge is 0.369 e. The van der Waals surface area contributed by atoms with Crippen LogP contribution in [0.15, 0.2) is 12.3 Å². The molecule has 0 spiro atoms. The maximum Gasteiger partial charge on any atom is 0.225 e. The van der Waals surface area contributed by atoms with Crippen LogP contribution in [0.3, 0.4) is 0 Å². The molecule has 3 heterocycles. The first-order valence-corrected chi connectivity index (χ1v) is 8.87. The van der Waals surface area contributed by atoms with Crippen LogP contribution in [0, 0.1) is 5.92 Å². The number of nitrogens with zero attached hydrogens (tertiary/aromatic N) is 5. The normalized spacial score (nSPS) is 22.0. The van der Waals surface area contributed by atoms with Gasteiger partial charge < -0.3 is 15.5 Å². The van der Waals surface area contributed by atoms with Crippen LogP contribution in [0.4, 0.5) is 5.95 Å². The number of aromatic nitrogens is 2. The summed E-state index contributed by atoms with van der Waals surface area (Å²) in [7, 11) is 0. The Balaban J connectivity index is 1.69. The molecule has 2 amide bonds. The van der Waals surface area contributed by atoms with E-state index in [1.54, 1.807) is 11.1 Å². The van der Waals surface area contributed by atoms with Crippen molar-refractivity contribution < 1.29 is 9.59 Å². The number of carbonyl (C=O) groups excluding carboxylic acids is 2. The molecule has 2 fully saturated rings. The summed E-state index contributed by atoms with van der Waals surface area (Å²) in [4.78, 5) is 38.5. The average Bonchev–Trinajstić information content (AvgIpc) is 3.03. The Bertz CT molecular complexity index is 631. The highest BCUT2D eigenvalue weighted by atomic mass is 16.2.